The van der Waals surface area contributed by atoms with E-state index in [1.165, 1.54) is 18.3 Å². The lowest BCUT2D eigenvalue weighted by molar-refractivity contribution is -0.141. The smallest absolute Gasteiger partial charge is 0.355 e. The number of esters is 1. The third-order valence-corrected chi connectivity index (χ3v) is 4.94. The van der Waals surface area contributed by atoms with Crippen LogP contribution in [0.5, 0.6) is 0 Å². The average molecular weight is 384 g/mol. The summed E-state index contributed by atoms with van der Waals surface area (Å²) in [5.74, 6) is -0.938. The van der Waals surface area contributed by atoms with Crippen LogP contribution in [-0.2, 0) is 20.9 Å². The quantitative estimate of drug-likeness (QED) is 0.513. The molecule has 3 rings (SSSR count). The maximum Gasteiger partial charge on any atom is 0.355 e. The van der Waals surface area contributed by atoms with Crippen molar-refractivity contribution >= 4 is 40.6 Å². The number of ether oxygens (including phenoxy) is 1. The Hall–Kier alpha value is -2.77. The number of carbonyl (C=O) groups is 2. The Morgan fingerprint density at radius 3 is 2.69 bits per heavy atom. The van der Waals surface area contributed by atoms with Crippen molar-refractivity contribution in [2.45, 2.75) is 13.5 Å². The fourth-order valence-corrected chi connectivity index (χ4v) is 3.68. The predicted molar refractivity (Wildman–Crippen MR) is 103 cm³/mol. The molecule has 0 saturated carbocycles. The largest absolute Gasteiger partial charge is 0.454 e. The lowest BCUT2D eigenvalue weighted by Gasteiger charge is -2.08. The number of carbonyl (C=O) groups excluding carboxylic acids is 2. The Balaban J connectivity index is 1.68. The molecule has 0 unspecified atom stereocenters. The van der Waals surface area contributed by atoms with Crippen molar-refractivity contribution in [3.05, 3.63) is 69.5 Å². The molecule has 0 saturated heterocycles. The van der Waals surface area contributed by atoms with Gasteiger partial charge in [0.15, 0.2) is 0 Å². The first-order chi connectivity index (χ1) is 12.6. The van der Waals surface area contributed by atoms with Crippen LogP contribution in [0, 0.1) is 0 Å². The summed E-state index contributed by atoms with van der Waals surface area (Å²) in [7, 11) is 0. The number of hydrogen-bond acceptors (Lipinski definition) is 6. The third-order valence-electron chi connectivity index (χ3n) is 3.31. The zero-order valence-electron chi connectivity index (χ0n) is 14.0. The number of rotatable bonds is 6. The summed E-state index contributed by atoms with van der Waals surface area (Å²) in [5.41, 5.74) is 2.62. The highest BCUT2D eigenvalue weighted by atomic mass is 32.1. The van der Waals surface area contributed by atoms with Crippen LogP contribution >= 0.6 is 22.7 Å². The predicted octanol–water partition coefficient (Wildman–Crippen LogP) is 4.09. The molecule has 0 bridgehead atoms. The molecule has 0 spiro atoms. The van der Waals surface area contributed by atoms with Crippen LogP contribution in [0.3, 0.4) is 0 Å². The molecular weight excluding hydrogens is 368 g/mol. The minimum Gasteiger partial charge on any atom is -0.454 e. The number of nitrogens with one attached hydrogen (secondary N) is 1. The van der Waals surface area contributed by atoms with Crippen LogP contribution in [0.4, 0.5) is 0 Å². The van der Waals surface area contributed by atoms with Gasteiger partial charge in [-0.15, -0.1) is 11.3 Å². The standard InChI is InChI=1S/C19H16N2O3S2/c1-13(22)20-17(9-14-5-3-2-4-6-14)19(23)24-10-16-12-26-18(21-16)15-7-8-25-11-15/h2-9,11-12H,10H2,1H3,(H,20,22)/b17-9-. The lowest BCUT2D eigenvalue weighted by Crippen LogP contribution is -2.26. The Kier molecular flexibility index (Phi) is 5.93. The Labute approximate surface area is 159 Å². The van der Waals surface area contributed by atoms with Crippen LogP contribution < -0.4 is 5.32 Å². The highest BCUT2D eigenvalue weighted by molar-refractivity contribution is 7.14. The van der Waals surface area contributed by atoms with Crippen LogP contribution in [0.25, 0.3) is 16.6 Å². The molecule has 0 aliphatic carbocycles. The van der Waals surface area contributed by atoms with Gasteiger partial charge in [0.25, 0.3) is 0 Å². The number of benzene rings is 1. The molecule has 3 aromatic rings. The highest BCUT2D eigenvalue weighted by Crippen LogP contribution is 2.26. The fraction of sp³-hybridized carbons (Fsp3) is 0.105. The topological polar surface area (TPSA) is 68.3 Å². The zero-order valence-corrected chi connectivity index (χ0v) is 15.6. The first kappa shape index (κ1) is 18.0. The van der Waals surface area contributed by atoms with Crippen molar-refractivity contribution in [3.63, 3.8) is 0 Å². The number of thiophene rings is 1. The van der Waals surface area contributed by atoms with Gasteiger partial charge in [-0.3, -0.25) is 4.79 Å². The van der Waals surface area contributed by atoms with Gasteiger partial charge in [0.05, 0.1) is 5.69 Å². The second-order valence-electron chi connectivity index (χ2n) is 5.38. The summed E-state index contributed by atoms with van der Waals surface area (Å²) < 4.78 is 5.32. The van der Waals surface area contributed by atoms with E-state index < -0.39 is 5.97 Å². The summed E-state index contributed by atoms with van der Waals surface area (Å²) in [5, 5.41) is 9.28. The number of hydrogen-bond donors (Lipinski definition) is 1. The molecule has 1 amide bonds. The van der Waals surface area contributed by atoms with Crippen LogP contribution in [-0.4, -0.2) is 16.9 Å². The summed E-state index contributed by atoms with van der Waals surface area (Å²) in [6, 6.07) is 11.2. The fourth-order valence-electron chi connectivity index (χ4n) is 2.16. The van der Waals surface area contributed by atoms with Crippen LogP contribution in [0.1, 0.15) is 18.2 Å². The maximum absolute atomic E-state index is 12.4. The summed E-state index contributed by atoms with van der Waals surface area (Å²) in [4.78, 5) is 28.2. The number of nitrogens with zero attached hydrogens (tertiary/aromatic N) is 1. The highest BCUT2D eigenvalue weighted by Gasteiger charge is 2.14. The second-order valence-corrected chi connectivity index (χ2v) is 7.02. The third kappa shape index (κ3) is 4.87. The zero-order chi connectivity index (χ0) is 18.4. The molecule has 0 aliphatic heterocycles. The summed E-state index contributed by atoms with van der Waals surface area (Å²) in [6.45, 7) is 1.39. The van der Waals surface area contributed by atoms with Gasteiger partial charge in [0, 0.05) is 23.2 Å². The molecule has 0 fully saturated rings. The molecule has 0 atom stereocenters. The normalized spacial score (nSPS) is 11.2. The van der Waals surface area contributed by atoms with E-state index >= 15 is 0 Å². The van der Waals surface area contributed by atoms with E-state index in [0.29, 0.717) is 5.69 Å². The van der Waals surface area contributed by atoms with Crippen molar-refractivity contribution in [2.75, 3.05) is 0 Å². The van der Waals surface area contributed by atoms with Gasteiger partial charge in [0.2, 0.25) is 5.91 Å². The Morgan fingerprint density at radius 2 is 2.00 bits per heavy atom. The van der Waals surface area contributed by atoms with Gasteiger partial charge in [-0.05, 0) is 23.1 Å². The summed E-state index contributed by atoms with van der Waals surface area (Å²) >= 11 is 3.11. The first-order valence-corrected chi connectivity index (χ1v) is 9.62. The van der Waals surface area contributed by atoms with Gasteiger partial charge < -0.3 is 10.1 Å². The SMILES string of the molecule is CC(=O)N/C(=C\c1ccccc1)C(=O)OCc1csc(-c2ccsc2)n1. The molecule has 26 heavy (non-hydrogen) atoms. The molecule has 2 aromatic heterocycles. The molecule has 1 aromatic carbocycles. The number of thiazole rings is 1. The molecule has 7 heteroatoms. The maximum atomic E-state index is 12.4. The van der Waals surface area contributed by atoms with Crippen LogP contribution in [0.2, 0.25) is 0 Å². The molecule has 1 N–H and O–H groups in total. The Morgan fingerprint density at radius 1 is 1.19 bits per heavy atom. The lowest BCUT2D eigenvalue weighted by atomic mass is 10.2. The van der Waals surface area contributed by atoms with E-state index in [-0.39, 0.29) is 18.2 Å². The van der Waals surface area contributed by atoms with E-state index in [9.17, 15) is 9.59 Å². The van der Waals surface area contributed by atoms with Crippen LogP contribution in [0.15, 0.2) is 58.2 Å². The summed E-state index contributed by atoms with van der Waals surface area (Å²) in [6.07, 6.45) is 1.58. The van der Waals surface area contributed by atoms with Gasteiger partial charge in [-0.25, -0.2) is 9.78 Å². The van der Waals surface area contributed by atoms with E-state index in [0.717, 1.165) is 16.1 Å². The van der Waals surface area contributed by atoms with Crippen molar-refractivity contribution in [2.24, 2.45) is 0 Å². The Bertz CT molecular complexity index is 915. The molecule has 5 nitrogen and oxygen atoms in total. The molecule has 0 radical (unpaired) electrons. The second kappa shape index (κ2) is 8.55. The van der Waals surface area contributed by atoms with E-state index in [1.54, 1.807) is 17.4 Å². The minimum absolute atomic E-state index is 0.0468. The van der Waals surface area contributed by atoms with E-state index in [1.807, 2.05) is 52.5 Å². The molecule has 0 aliphatic rings. The monoisotopic (exact) mass is 384 g/mol. The van der Waals surface area contributed by atoms with Gasteiger partial charge in [-0.2, -0.15) is 11.3 Å². The molecule has 132 valence electrons. The first-order valence-electron chi connectivity index (χ1n) is 7.80. The van der Waals surface area contributed by atoms with E-state index in [4.69, 9.17) is 4.74 Å². The van der Waals surface area contributed by atoms with E-state index in [2.05, 4.69) is 10.3 Å². The molecular formula is C19H16N2O3S2. The number of amides is 1. The minimum atomic E-state index is -0.603. The van der Waals surface area contributed by atoms with Gasteiger partial charge >= 0.3 is 5.97 Å². The van der Waals surface area contributed by atoms with Gasteiger partial charge in [0.1, 0.15) is 17.3 Å². The van der Waals surface area contributed by atoms with Crippen molar-refractivity contribution in [1.29, 1.82) is 0 Å². The van der Waals surface area contributed by atoms with Crippen molar-refractivity contribution < 1.29 is 14.3 Å². The van der Waals surface area contributed by atoms with Crippen molar-refractivity contribution in [3.8, 4) is 10.6 Å². The average Bonchev–Trinajstić information content (AvgIpc) is 3.31. The number of aromatic nitrogens is 1. The van der Waals surface area contributed by atoms with Gasteiger partial charge in [-0.1, -0.05) is 30.3 Å². The van der Waals surface area contributed by atoms with Crippen molar-refractivity contribution in [1.82, 2.24) is 10.3 Å². The molecule has 2 heterocycles.